The molecule has 16 heavy (non-hydrogen) atoms. The second-order valence-corrected chi connectivity index (χ2v) is 3.56. The van der Waals surface area contributed by atoms with Crippen molar-refractivity contribution in [2.45, 2.75) is 19.5 Å². The van der Waals surface area contributed by atoms with E-state index in [1.165, 1.54) is 0 Å². The normalized spacial score (nSPS) is 13.5. The fourth-order valence-electron chi connectivity index (χ4n) is 1.26. The van der Waals surface area contributed by atoms with E-state index >= 15 is 0 Å². The predicted molar refractivity (Wildman–Crippen MR) is 64.0 cm³/mol. The van der Waals surface area contributed by atoms with Gasteiger partial charge in [-0.2, -0.15) is 0 Å². The van der Waals surface area contributed by atoms with Crippen LogP contribution in [0.2, 0.25) is 0 Å². The lowest BCUT2D eigenvalue weighted by atomic mass is 10.3. The number of aromatic nitrogens is 1. The lowest BCUT2D eigenvalue weighted by molar-refractivity contribution is 0.179. The standard InChI is InChI=1S/C11H18N4O/c1-9(8-16-2)15-11(12)14-7-10-4-3-5-13-6-10/h3-6,9H,7-8H2,1-2H3,(H3,12,14,15). The number of guanidine groups is 1. The van der Waals surface area contributed by atoms with Crippen LogP contribution in [0.4, 0.5) is 0 Å². The minimum absolute atomic E-state index is 0.155. The highest BCUT2D eigenvalue weighted by Gasteiger charge is 2.01. The lowest BCUT2D eigenvalue weighted by Crippen LogP contribution is -2.40. The van der Waals surface area contributed by atoms with E-state index in [0.29, 0.717) is 19.1 Å². The van der Waals surface area contributed by atoms with Gasteiger partial charge in [-0.3, -0.25) is 4.98 Å². The monoisotopic (exact) mass is 222 g/mol. The molecule has 1 unspecified atom stereocenters. The second kappa shape index (κ2) is 6.79. The number of rotatable bonds is 5. The molecule has 0 bridgehead atoms. The van der Waals surface area contributed by atoms with Crippen molar-refractivity contribution in [3.63, 3.8) is 0 Å². The molecule has 1 rings (SSSR count). The Bertz CT molecular complexity index is 326. The van der Waals surface area contributed by atoms with Crippen molar-refractivity contribution in [1.29, 1.82) is 0 Å². The maximum atomic E-state index is 5.72. The topological polar surface area (TPSA) is 72.5 Å². The van der Waals surface area contributed by atoms with Crippen LogP contribution in [-0.4, -0.2) is 30.7 Å². The molecule has 1 aromatic heterocycles. The summed E-state index contributed by atoms with van der Waals surface area (Å²) in [6.07, 6.45) is 3.50. The van der Waals surface area contributed by atoms with Gasteiger partial charge in [-0.25, -0.2) is 4.99 Å². The zero-order chi connectivity index (χ0) is 11.8. The SMILES string of the molecule is COCC(C)NC(N)=NCc1cccnc1. The van der Waals surface area contributed by atoms with Crippen molar-refractivity contribution < 1.29 is 4.74 Å². The number of nitrogens with one attached hydrogen (secondary N) is 1. The van der Waals surface area contributed by atoms with Gasteiger partial charge in [-0.05, 0) is 18.6 Å². The molecule has 0 saturated heterocycles. The molecule has 0 radical (unpaired) electrons. The molecule has 3 N–H and O–H groups in total. The van der Waals surface area contributed by atoms with Crippen LogP contribution >= 0.6 is 0 Å². The third-order valence-electron chi connectivity index (χ3n) is 1.97. The first-order valence-electron chi connectivity index (χ1n) is 5.16. The second-order valence-electron chi connectivity index (χ2n) is 3.56. The molecule has 0 spiro atoms. The van der Waals surface area contributed by atoms with Crippen LogP contribution < -0.4 is 11.1 Å². The molecule has 5 nitrogen and oxygen atoms in total. The van der Waals surface area contributed by atoms with Crippen molar-refractivity contribution in [3.8, 4) is 0 Å². The van der Waals surface area contributed by atoms with E-state index in [2.05, 4.69) is 15.3 Å². The van der Waals surface area contributed by atoms with E-state index in [-0.39, 0.29) is 6.04 Å². The molecular formula is C11H18N4O. The van der Waals surface area contributed by atoms with Crippen LogP contribution in [0, 0.1) is 0 Å². The third-order valence-corrected chi connectivity index (χ3v) is 1.97. The van der Waals surface area contributed by atoms with E-state index < -0.39 is 0 Å². The summed E-state index contributed by atoms with van der Waals surface area (Å²) in [5, 5.41) is 3.03. The van der Waals surface area contributed by atoms with Gasteiger partial charge in [0.05, 0.1) is 13.2 Å². The van der Waals surface area contributed by atoms with Gasteiger partial charge in [-0.15, -0.1) is 0 Å². The van der Waals surface area contributed by atoms with Crippen LogP contribution in [0.5, 0.6) is 0 Å². The molecule has 0 fully saturated rings. The molecule has 0 saturated carbocycles. The average Bonchev–Trinajstić information content (AvgIpc) is 2.28. The first kappa shape index (κ1) is 12.4. The number of hydrogen-bond donors (Lipinski definition) is 2. The highest BCUT2D eigenvalue weighted by molar-refractivity contribution is 5.78. The molecule has 1 heterocycles. The van der Waals surface area contributed by atoms with E-state index in [9.17, 15) is 0 Å². The van der Waals surface area contributed by atoms with Crippen molar-refractivity contribution in [2.24, 2.45) is 10.7 Å². The summed E-state index contributed by atoms with van der Waals surface area (Å²) in [5.41, 5.74) is 6.75. The molecule has 1 aromatic rings. The lowest BCUT2D eigenvalue weighted by Gasteiger charge is -2.12. The van der Waals surface area contributed by atoms with E-state index in [1.54, 1.807) is 19.5 Å². The van der Waals surface area contributed by atoms with Crippen molar-refractivity contribution in [3.05, 3.63) is 30.1 Å². The minimum Gasteiger partial charge on any atom is -0.383 e. The summed E-state index contributed by atoms with van der Waals surface area (Å²) < 4.78 is 4.98. The van der Waals surface area contributed by atoms with E-state index in [0.717, 1.165) is 5.56 Å². The maximum absolute atomic E-state index is 5.72. The smallest absolute Gasteiger partial charge is 0.189 e. The molecule has 0 amide bonds. The summed E-state index contributed by atoms with van der Waals surface area (Å²) in [4.78, 5) is 8.21. The average molecular weight is 222 g/mol. The Morgan fingerprint density at radius 1 is 1.69 bits per heavy atom. The van der Waals surface area contributed by atoms with Gasteiger partial charge in [0, 0.05) is 25.5 Å². The number of pyridine rings is 1. The number of nitrogens with two attached hydrogens (primary N) is 1. The Kier molecular flexibility index (Phi) is 5.28. The summed E-state index contributed by atoms with van der Waals surface area (Å²) in [5.74, 6) is 0.424. The molecule has 1 atom stereocenters. The van der Waals surface area contributed by atoms with Crippen LogP contribution in [0.3, 0.4) is 0 Å². The van der Waals surface area contributed by atoms with E-state index in [4.69, 9.17) is 10.5 Å². The van der Waals surface area contributed by atoms with Crippen LogP contribution in [0.25, 0.3) is 0 Å². The molecule has 5 heteroatoms. The molecule has 0 aliphatic rings. The number of methoxy groups -OCH3 is 1. The Labute approximate surface area is 95.7 Å². The zero-order valence-electron chi connectivity index (χ0n) is 9.68. The van der Waals surface area contributed by atoms with E-state index in [1.807, 2.05) is 19.1 Å². The van der Waals surface area contributed by atoms with Gasteiger partial charge >= 0.3 is 0 Å². The Hall–Kier alpha value is -1.62. The number of ether oxygens (including phenoxy) is 1. The summed E-state index contributed by atoms with van der Waals surface area (Å²) in [7, 11) is 1.65. The highest BCUT2D eigenvalue weighted by Crippen LogP contribution is 1.97. The first-order valence-corrected chi connectivity index (χ1v) is 5.16. The Balaban J connectivity index is 2.39. The number of nitrogens with zero attached hydrogens (tertiary/aromatic N) is 2. The van der Waals surface area contributed by atoms with Crippen molar-refractivity contribution in [2.75, 3.05) is 13.7 Å². The molecule has 0 aliphatic carbocycles. The largest absolute Gasteiger partial charge is 0.383 e. The van der Waals surface area contributed by atoms with Gasteiger partial charge in [0.1, 0.15) is 0 Å². The van der Waals surface area contributed by atoms with Crippen molar-refractivity contribution in [1.82, 2.24) is 10.3 Å². The highest BCUT2D eigenvalue weighted by atomic mass is 16.5. The molecular weight excluding hydrogens is 204 g/mol. The molecule has 88 valence electrons. The first-order chi connectivity index (χ1) is 7.72. The quantitative estimate of drug-likeness (QED) is 0.563. The van der Waals surface area contributed by atoms with Crippen LogP contribution in [0.1, 0.15) is 12.5 Å². The predicted octanol–water partition coefficient (Wildman–Crippen LogP) is 0.521. The summed E-state index contributed by atoms with van der Waals surface area (Å²) in [6, 6.07) is 3.99. The van der Waals surface area contributed by atoms with Gasteiger partial charge in [0.2, 0.25) is 0 Å². The fourth-order valence-corrected chi connectivity index (χ4v) is 1.26. The Morgan fingerprint density at radius 2 is 2.50 bits per heavy atom. The number of aliphatic imine (C=N–C) groups is 1. The Morgan fingerprint density at radius 3 is 3.12 bits per heavy atom. The molecule has 0 aromatic carbocycles. The fraction of sp³-hybridized carbons (Fsp3) is 0.455. The van der Waals surface area contributed by atoms with Crippen LogP contribution in [-0.2, 0) is 11.3 Å². The van der Waals surface area contributed by atoms with Crippen molar-refractivity contribution >= 4 is 5.96 Å². The maximum Gasteiger partial charge on any atom is 0.189 e. The number of hydrogen-bond acceptors (Lipinski definition) is 3. The minimum atomic E-state index is 0.155. The summed E-state index contributed by atoms with van der Waals surface area (Å²) in [6.45, 7) is 3.12. The molecule has 0 aliphatic heterocycles. The van der Waals surface area contributed by atoms with Gasteiger partial charge in [0.15, 0.2) is 5.96 Å². The van der Waals surface area contributed by atoms with Gasteiger partial charge in [-0.1, -0.05) is 6.07 Å². The third kappa shape index (κ3) is 4.75. The van der Waals surface area contributed by atoms with Gasteiger partial charge in [0.25, 0.3) is 0 Å². The zero-order valence-corrected chi connectivity index (χ0v) is 9.68. The van der Waals surface area contributed by atoms with Gasteiger partial charge < -0.3 is 15.8 Å². The van der Waals surface area contributed by atoms with Crippen LogP contribution in [0.15, 0.2) is 29.5 Å². The summed E-state index contributed by atoms with van der Waals surface area (Å²) >= 11 is 0.